The molecular formula is C27H21ClN2O4S. The topological polar surface area (TPSA) is 79.7 Å². The van der Waals surface area contributed by atoms with Gasteiger partial charge in [0.25, 0.3) is 5.78 Å². The van der Waals surface area contributed by atoms with Gasteiger partial charge in [-0.1, -0.05) is 48.1 Å². The van der Waals surface area contributed by atoms with Crippen LogP contribution in [0.3, 0.4) is 0 Å². The molecular weight excluding hydrogens is 484 g/mol. The maximum atomic E-state index is 13.4. The summed E-state index contributed by atoms with van der Waals surface area (Å²) in [6.07, 6.45) is 0.873. The van der Waals surface area contributed by atoms with E-state index in [2.05, 4.69) is 11.9 Å². The zero-order valence-electron chi connectivity index (χ0n) is 19.0. The number of ether oxygens (including phenoxy) is 1. The average Bonchev–Trinajstić information content (AvgIpc) is 3.41. The number of aliphatic hydroxyl groups is 1. The standard InChI is InChI=1S/C27H21ClN2O4S/c1-3-15-7-12-20-21(13-15)35-27(29-20)30-23(17-5-4-6-18(28)14-17)22(25(32)26(30)33)24(31)16-8-10-19(34-2)11-9-16/h4-14,23,31H,3H2,1-2H3/t23-/m1/s1. The van der Waals surface area contributed by atoms with Gasteiger partial charge >= 0.3 is 5.91 Å². The average molecular weight is 505 g/mol. The second-order valence-electron chi connectivity index (χ2n) is 8.10. The molecule has 4 aromatic rings. The number of aliphatic hydroxyl groups excluding tert-OH is 1. The highest BCUT2D eigenvalue weighted by Gasteiger charge is 2.48. The predicted molar refractivity (Wildman–Crippen MR) is 138 cm³/mol. The summed E-state index contributed by atoms with van der Waals surface area (Å²) >= 11 is 7.61. The first-order chi connectivity index (χ1) is 16.9. The number of halogens is 1. The highest BCUT2D eigenvalue weighted by molar-refractivity contribution is 7.22. The molecule has 3 aromatic carbocycles. The molecule has 0 unspecified atom stereocenters. The van der Waals surface area contributed by atoms with Gasteiger partial charge in [-0.25, -0.2) is 4.98 Å². The van der Waals surface area contributed by atoms with Gasteiger partial charge < -0.3 is 9.84 Å². The first-order valence-electron chi connectivity index (χ1n) is 11.0. The number of aryl methyl sites for hydroxylation is 1. The number of nitrogens with zero attached hydrogens (tertiary/aromatic N) is 2. The molecule has 2 heterocycles. The Bertz CT molecular complexity index is 1490. The molecule has 0 radical (unpaired) electrons. The maximum absolute atomic E-state index is 13.4. The molecule has 6 nitrogen and oxygen atoms in total. The zero-order chi connectivity index (χ0) is 24.7. The van der Waals surface area contributed by atoms with Crippen LogP contribution in [0.1, 0.15) is 29.7 Å². The molecule has 1 aliphatic heterocycles. The van der Waals surface area contributed by atoms with Crippen LogP contribution in [0.15, 0.2) is 72.3 Å². The smallest absolute Gasteiger partial charge is 0.301 e. The van der Waals surface area contributed by atoms with Gasteiger partial charge in [-0.2, -0.15) is 0 Å². The van der Waals surface area contributed by atoms with Crippen LogP contribution in [0.5, 0.6) is 5.75 Å². The number of hydrogen-bond acceptors (Lipinski definition) is 6. The number of thiazole rings is 1. The molecule has 5 rings (SSSR count). The first-order valence-corrected chi connectivity index (χ1v) is 12.2. The number of ketones is 1. The zero-order valence-corrected chi connectivity index (χ0v) is 20.6. The van der Waals surface area contributed by atoms with E-state index in [0.29, 0.717) is 27.0 Å². The van der Waals surface area contributed by atoms with Crippen LogP contribution in [-0.2, 0) is 16.0 Å². The summed E-state index contributed by atoms with van der Waals surface area (Å²) in [5.41, 5.74) is 2.87. The van der Waals surface area contributed by atoms with E-state index in [1.165, 1.54) is 16.2 Å². The molecule has 1 fully saturated rings. The fraction of sp³-hybridized carbons (Fsp3) is 0.148. The van der Waals surface area contributed by atoms with Gasteiger partial charge in [-0.05, 0) is 66.1 Å². The molecule has 176 valence electrons. The minimum absolute atomic E-state index is 0.0177. The minimum Gasteiger partial charge on any atom is -0.507 e. The molecule has 1 aromatic heterocycles. The SMILES string of the molecule is CCc1ccc2nc(N3C(=O)C(=O)C(=C(O)c4ccc(OC)cc4)[C@H]3c3cccc(Cl)c3)sc2c1. The molecule has 1 saturated heterocycles. The second kappa shape index (κ2) is 9.17. The number of rotatable bonds is 5. The van der Waals surface area contributed by atoms with Crippen LogP contribution in [0, 0.1) is 0 Å². The van der Waals surface area contributed by atoms with Crippen molar-refractivity contribution in [2.45, 2.75) is 19.4 Å². The summed E-state index contributed by atoms with van der Waals surface area (Å²) in [4.78, 5) is 32.7. The molecule has 0 aliphatic carbocycles. The van der Waals surface area contributed by atoms with Crippen molar-refractivity contribution in [3.05, 3.63) is 94.0 Å². The van der Waals surface area contributed by atoms with Crippen LogP contribution in [-0.4, -0.2) is 28.9 Å². The monoisotopic (exact) mass is 504 g/mol. The Morgan fingerprint density at radius 1 is 1.11 bits per heavy atom. The molecule has 0 saturated carbocycles. The van der Waals surface area contributed by atoms with E-state index in [-0.39, 0.29) is 11.3 Å². The number of benzene rings is 3. The summed E-state index contributed by atoms with van der Waals surface area (Å²) in [6, 6.07) is 18.6. The van der Waals surface area contributed by atoms with Crippen LogP contribution in [0.2, 0.25) is 5.02 Å². The van der Waals surface area contributed by atoms with E-state index < -0.39 is 17.7 Å². The highest BCUT2D eigenvalue weighted by atomic mass is 35.5. The third-order valence-electron chi connectivity index (χ3n) is 6.03. The lowest BCUT2D eigenvalue weighted by molar-refractivity contribution is -0.132. The number of amides is 1. The van der Waals surface area contributed by atoms with Crippen molar-refractivity contribution in [3.63, 3.8) is 0 Å². The molecule has 1 aliphatic rings. The number of carbonyl (C=O) groups is 2. The quantitative estimate of drug-likeness (QED) is 0.200. The van der Waals surface area contributed by atoms with E-state index in [0.717, 1.165) is 22.2 Å². The fourth-order valence-corrected chi connectivity index (χ4v) is 5.46. The van der Waals surface area contributed by atoms with Gasteiger partial charge in [0.15, 0.2) is 5.13 Å². The van der Waals surface area contributed by atoms with Crippen molar-refractivity contribution in [1.29, 1.82) is 0 Å². The van der Waals surface area contributed by atoms with E-state index in [1.54, 1.807) is 55.6 Å². The number of methoxy groups -OCH3 is 1. The summed E-state index contributed by atoms with van der Waals surface area (Å²) in [5, 5.41) is 12.1. The Hall–Kier alpha value is -3.68. The van der Waals surface area contributed by atoms with Crippen molar-refractivity contribution in [2.75, 3.05) is 12.0 Å². The highest BCUT2D eigenvalue weighted by Crippen LogP contribution is 2.44. The van der Waals surface area contributed by atoms with Crippen molar-refractivity contribution < 1.29 is 19.4 Å². The molecule has 0 bridgehead atoms. The second-order valence-corrected chi connectivity index (χ2v) is 9.55. The normalized spacial score (nSPS) is 17.3. The van der Waals surface area contributed by atoms with Gasteiger partial charge in [0.05, 0.1) is 28.9 Å². The molecule has 1 N–H and O–H groups in total. The van der Waals surface area contributed by atoms with Crippen LogP contribution in [0.4, 0.5) is 5.13 Å². The van der Waals surface area contributed by atoms with Crippen LogP contribution < -0.4 is 9.64 Å². The van der Waals surface area contributed by atoms with Gasteiger partial charge in [0.1, 0.15) is 11.5 Å². The van der Waals surface area contributed by atoms with Crippen molar-refractivity contribution in [3.8, 4) is 5.75 Å². The Labute approximate surface area is 211 Å². The van der Waals surface area contributed by atoms with Gasteiger partial charge in [-0.3, -0.25) is 14.5 Å². The predicted octanol–water partition coefficient (Wildman–Crippen LogP) is 6.15. The van der Waals surface area contributed by atoms with Gasteiger partial charge in [0, 0.05) is 10.6 Å². The van der Waals surface area contributed by atoms with Crippen molar-refractivity contribution in [1.82, 2.24) is 4.98 Å². The number of anilines is 1. The number of hydrogen-bond donors (Lipinski definition) is 1. The van der Waals surface area contributed by atoms with Crippen molar-refractivity contribution >= 4 is 55.7 Å². The Balaban J connectivity index is 1.70. The number of fused-ring (bicyclic) bond motifs is 1. The molecule has 8 heteroatoms. The van der Waals surface area contributed by atoms with Gasteiger partial charge in [0.2, 0.25) is 0 Å². The first kappa shape index (κ1) is 23.1. The lowest BCUT2D eigenvalue weighted by Crippen LogP contribution is -2.29. The molecule has 0 spiro atoms. The molecule has 35 heavy (non-hydrogen) atoms. The Morgan fingerprint density at radius 3 is 2.57 bits per heavy atom. The summed E-state index contributed by atoms with van der Waals surface area (Å²) in [5.74, 6) is -1.20. The molecule has 1 atom stereocenters. The largest absolute Gasteiger partial charge is 0.507 e. The van der Waals surface area contributed by atoms with Crippen LogP contribution in [0.25, 0.3) is 16.0 Å². The third kappa shape index (κ3) is 4.07. The number of carbonyl (C=O) groups excluding carboxylic acids is 2. The minimum atomic E-state index is -0.887. The Kier molecular flexibility index (Phi) is 6.05. The third-order valence-corrected chi connectivity index (χ3v) is 7.28. The van der Waals surface area contributed by atoms with E-state index in [4.69, 9.17) is 16.3 Å². The van der Waals surface area contributed by atoms with Crippen molar-refractivity contribution in [2.24, 2.45) is 0 Å². The van der Waals surface area contributed by atoms with E-state index in [9.17, 15) is 14.7 Å². The fourth-order valence-electron chi connectivity index (χ4n) is 4.21. The summed E-state index contributed by atoms with van der Waals surface area (Å²) in [6.45, 7) is 2.07. The molecule has 1 amide bonds. The maximum Gasteiger partial charge on any atom is 0.301 e. The number of Topliss-reactive ketones (excluding diaryl/α,β-unsaturated/α-hetero) is 1. The lowest BCUT2D eigenvalue weighted by Gasteiger charge is -2.23. The van der Waals surface area contributed by atoms with Crippen LogP contribution >= 0.6 is 22.9 Å². The summed E-state index contributed by atoms with van der Waals surface area (Å²) < 4.78 is 6.11. The summed E-state index contributed by atoms with van der Waals surface area (Å²) in [7, 11) is 1.54. The Morgan fingerprint density at radius 2 is 1.89 bits per heavy atom. The van der Waals surface area contributed by atoms with Gasteiger partial charge in [-0.15, -0.1) is 0 Å². The lowest BCUT2D eigenvalue weighted by atomic mass is 9.95. The number of aromatic nitrogens is 1. The van der Waals surface area contributed by atoms with E-state index in [1.807, 2.05) is 18.2 Å². The van der Waals surface area contributed by atoms with E-state index >= 15 is 0 Å².